The van der Waals surface area contributed by atoms with Gasteiger partial charge in [-0.1, -0.05) is 0 Å². The molecule has 12 heteroatoms. The molecule has 10 nitrogen and oxygen atoms in total. The van der Waals surface area contributed by atoms with Crippen molar-refractivity contribution in [3.05, 3.63) is 22.3 Å². The largest absolute Gasteiger partial charge is 0.477 e. The van der Waals surface area contributed by atoms with Crippen molar-refractivity contribution in [3.8, 4) is 0 Å². The summed E-state index contributed by atoms with van der Waals surface area (Å²) >= 11 is 2.52. The van der Waals surface area contributed by atoms with Crippen LogP contribution in [0.25, 0.3) is 0 Å². The number of rotatable bonds is 6. The first-order valence-corrected chi connectivity index (χ1v) is 9.73. The molecule has 1 aromatic heterocycles. The van der Waals surface area contributed by atoms with Crippen LogP contribution in [0.2, 0.25) is 0 Å². The molecule has 2 aliphatic rings. The zero-order valence-corrected chi connectivity index (χ0v) is 15.8. The Kier molecular flexibility index (Phi) is 5.37. The molecule has 1 saturated heterocycles. The average Bonchev–Trinajstić information content (AvgIpc) is 3.01. The minimum atomic E-state index is -1.28. The lowest BCUT2D eigenvalue weighted by atomic mass is 10.0. The van der Waals surface area contributed by atoms with Crippen molar-refractivity contribution >= 4 is 52.0 Å². The Hall–Kier alpha value is -2.60. The van der Waals surface area contributed by atoms with Gasteiger partial charge >= 0.3 is 11.9 Å². The van der Waals surface area contributed by atoms with Crippen molar-refractivity contribution in [2.75, 3.05) is 18.1 Å². The summed E-state index contributed by atoms with van der Waals surface area (Å²) in [6, 6.07) is -0.817. The number of hydrogen-bond donors (Lipinski definition) is 3. The number of nitrogens with zero attached hydrogens (tertiary/aromatic N) is 2. The zero-order chi connectivity index (χ0) is 19.7. The van der Waals surface area contributed by atoms with E-state index in [4.69, 9.17) is 10.5 Å². The number of aromatic nitrogens is 1. The van der Waals surface area contributed by atoms with E-state index in [0.717, 1.165) is 4.90 Å². The highest BCUT2D eigenvalue weighted by Crippen LogP contribution is 2.40. The molecule has 0 spiro atoms. The summed E-state index contributed by atoms with van der Waals surface area (Å²) in [5, 5.41) is 13.6. The van der Waals surface area contributed by atoms with E-state index in [1.807, 2.05) is 0 Å². The molecule has 3 rings (SSSR count). The maximum atomic E-state index is 12.4. The Morgan fingerprint density at radius 1 is 1.48 bits per heavy atom. The summed E-state index contributed by atoms with van der Waals surface area (Å²) in [6.45, 7) is 1.03. The number of esters is 1. The van der Waals surface area contributed by atoms with Gasteiger partial charge in [-0.2, -0.15) is 0 Å². The number of hydrogen-bond acceptors (Lipinski definition) is 9. The number of nitrogens with one attached hydrogen (secondary N) is 1. The maximum Gasteiger partial charge on any atom is 0.352 e. The maximum absolute atomic E-state index is 12.4. The van der Waals surface area contributed by atoms with Crippen LogP contribution in [-0.2, 0) is 30.3 Å². The van der Waals surface area contributed by atoms with E-state index in [2.05, 4.69) is 10.3 Å². The number of thiazole rings is 1. The van der Waals surface area contributed by atoms with Gasteiger partial charge in [0.25, 0.3) is 5.91 Å². The Balaban J connectivity index is 1.68. The van der Waals surface area contributed by atoms with E-state index in [9.17, 15) is 24.3 Å². The molecule has 1 fully saturated rings. The molecule has 0 aliphatic carbocycles. The molecular formula is C15H16N4O6S2. The van der Waals surface area contributed by atoms with Crippen LogP contribution in [0.5, 0.6) is 0 Å². The van der Waals surface area contributed by atoms with Crippen LogP contribution >= 0.6 is 23.1 Å². The zero-order valence-electron chi connectivity index (χ0n) is 14.1. The van der Waals surface area contributed by atoms with Crippen LogP contribution in [0, 0.1) is 0 Å². The molecule has 0 saturated carbocycles. The highest BCUT2D eigenvalue weighted by Gasteiger charge is 2.54. The van der Waals surface area contributed by atoms with Crippen molar-refractivity contribution in [1.29, 1.82) is 0 Å². The molecule has 4 N–H and O–H groups in total. The second kappa shape index (κ2) is 7.56. The van der Waals surface area contributed by atoms with Gasteiger partial charge < -0.3 is 20.9 Å². The normalized spacial score (nSPS) is 21.4. The van der Waals surface area contributed by atoms with Gasteiger partial charge in [0.2, 0.25) is 5.91 Å². The van der Waals surface area contributed by atoms with Crippen LogP contribution in [0.4, 0.5) is 5.13 Å². The van der Waals surface area contributed by atoms with Crippen LogP contribution in [-0.4, -0.2) is 62.5 Å². The number of amides is 2. The summed E-state index contributed by atoms with van der Waals surface area (Å²) in [7, 11) is 0. The van der Waals surface area contributed by atoms with Crippen molar-refractivity contribution < 1.29 is 29.0 Å². The molecule has 0 radical (unpaired) electrons. The van der Waals surface area contributed by atoms with E-state index in [-0.39, 0.29) is 24.5 Å². The molecule has 2 atom stereocenters. The fraction of sp³-hybridized carbons (Fsp3) is 0.400. The summed E-state index contributed by atoms with van der Waals surface area (Å²) in [5.74, 6) is -2.46. The summed E-state index contributed by atoms with van der Waals surface area (Å²) in [5.41, 5.74) is 6.18. The van der Waals surface area contributed by atoms with Gasteiger partial charge in [-0.3, -0.25) is 19.3 Å². The highest BCUT2D eigenvalue weighted by atomic mass is 32.2. The second-order valence-electron chi connectivity index (χ2n) is 5.85. The topological polar surface area (TPSA) is 152 Å². The number of carbonyl (C=O) groups excluding carboxylic acids is 3. The van der Waals surface area contributed by atoms with E-state index in [1.54, 1.807) is 5.38 Å². The van der Waals surface area contributed by atoms with Gasteiger partial charge in [-0.05, 0) is 0 Å². The molecular weight excluding hydrogens is 396 g/mol. The number of β-lactam (4-membered cyclic amide) rings is 1. The quantitative estimate of drug-likeness (QED) is 0.417. The van der Waals surface area contributed by atoms with Crippen molar-refractivity contribution in [2.45, 2.75) is 24.8 Å². The fourth-order valence-electron chi connectivity index (χ4n) is 2.78. The number of fused-ring (bicyclic) bond motifs is 1. The Morgan fingerprint density at radius 3 is 2.81 bits per heavy atom. The SMILES string of the molecule is CC(=O)OCC1=C(C(=O)O)N2C(=O)[C@H](NC(=O)Cc3csc(N)n3)[C@@H]2SC1. The minimum absolute atomic E-state index is 0.0196. The van der Waals surface area contributed by atoms with Crippen molar-refractivity contribution in [2.24, 2.45) is 0 Å². The average molecular weight is 412 g/mol. The molecule has 3 heterocycles. The number of carboxylic acid groups (broad SMARTS) is 1. The molecule has 0 aromatic carbocycles. The minimum Gasteiger partial charge on any atom is -0.477 e. The van der Waals surface area contributed by atoms with Gasteiger partial charge in [-0.15, -0.1) is 23.1 Å². The Morgan fingerprint density at radius 2 is 2.22 bits per heavy atom. The summed E-state index contributed by atoms with van der Waals surface area (Å²) < 4.78 is 4.87. The van der Waals surface area contributed by atoms with E-state index >= 15 is 0 Å². The van der Waals surface area contributed by atoms with Gasteiger partial charge in [0.15, 0.2) is 5.13 Å². The number of aliphatic carboxylic acids is 1. The van der Waals surface area contributed by atoms with Gasteiger partial charge in [0.05, 0.1) is 12.1 Å². The number of nitrogens with two attached hydrogens (primary N) is 1. The number of ether oxygens (including phenoxy) is 1. The monoisotopic (exact) mass is 412 g/mol. The summed E-state index contributed by atoms with van der Waals surface area (Å²) in [4.78, 5) is 52.3. The van der Waals surface area contributed by atoms with Crippen molar-refractivity contribution in [1.82, 2.24) is 15.2 Å². The van der Waals surface area contributed by atoms with E-state index < -0.39 is 35.2 Å². The van der Waals surface area contributed by atoms with Crippen LogP contribution in [0.1, 0.15) is 12.6 Å². The molecule has 2 aliphatic heterocycles. The number of thioether (sulfide) groups is 1. The third kappa shape index (κ3) is 3.90. The second-order valence-corrected chi connectivity index (χ2v) is 7.84. The number of carboxylic acids is 1. The molecule has 144 valence electrons. The van der Waals surface area contributed by atoms with Crippen LogP contribution < -0.4 is 11.1 Å². The lowest BCUT2D eigenvalue weighted by molar-refractivity contribution is -0.151. The first-order valence-electron chi connectivity index (χ1n) is 7.80. The molecule has 0 bridgehead atoms. The van der Waals surface area contributed by atoms with E-state index in [1.165, 1.54) is 30.0 Å². The van der Waals surface area contributed by atoms with E-state index in [0.29, 0.717) is 16.4 Å². The lowest BCUT2D eigenvalue weighted by Crippen LogP contribution is -2.70. The van der Waals surface area contributed by atoms with Crippen LogP contribution in [0.15, 0.2) is 16.7 Å². The molecule has 2 amide bonds. The smallest absolute Gasteiger partial charge is 0.352 e. The highest BCUT2D eigenvalue weighted by molar-refractivity contribution is 8.00. The molecule has 0 unspecified atom stereocenters. The number of nitrogen functional groups attached to an aromatic ring is 1. The number of anilines is 1. The third-order valence-corrected chi connectivity index (χ3v) is 5.99. The molecule has 1 aromatic rings. The predicted molar refractivity (Wildman–Crippen MR) is 96.5 cm³/mol. The number of carbonyl (C=O) groups is 4. The summed E-state index contributed by atoms with van der Waals surface area (Å²) in [6.07, 6.45) is -0.0196. The standard InChI is InChI=1S/C15H16N4O6S2/c1-6(20)25-3-7-4-26-13-10(12(22)19(13)11(7)14(23)24)18-9(21)2-8-5-27-15(16)17-8/h5,10,13H,2-4H2,1H3,(H2,16,17)(H,18,21)(H,23,24)/t10-,13-/m0/s1. The third-order valence-electron chi connectivity index (χ3n) is 3.93. The predicted octanol–water partition coefficient (Wildman–Crippen LogP) is -0.430. The Bertz CT molecular complexity index is 851. The van der Waals surface area contributed by atoms with Gasteiger partial charge in [0.1, 0.15) is 23.7 Å². The van der Waals surface area contributed by atoms with Crippen LogP contribution in [0.3, 0.4) is 0 Å². The fourth-order valence-corrected chi connectivity index (χ4v) is 4.67. The first kappa shape index (κ1) is 19.2. The van der Waals surface area contributed by atoms with Crippen molar-refractivity contribution in [3.63, 3.8) is 0 Å². The first-order chi connectivity index (χ1) is 12.8. The van der Waals surface area contributed by atoms with Gasteiger partial charge in [0, 0.05) is 23.6 Å². The van der Waals surface area contributed by atoms with Gasteiger partial charge in [-0.25, -0.2) is 9.78 Å². The Labute approximate surface area is 161 Å². The molecule has 27 heavy (non-hydrogen) atoms. The lowest BCUT2D eigenvalue weighted by Gasteiger charge is -2.49.